The molecule has 2 amide bonds. The molecule has 1 aromatic rings. The number of rotatable bonds is 7. The fourth-order valence-corrected chi connectivity index (χ4v) is 1.95. The zero-order valence-corrected chi connectivity index (χ0v) is 12.9. The molecule has 7 heteroatoms. The highest BCUT2D eigenvalue weighted by molar-refractivity contribution is 5.74. The Bertz CT molecular complexity index is 482. The SMILES string of the molecule is CC(O)CN(C(=O)NCc1ccccc1OC(F)F)C(C)C. The van der Waals surface area contributed by atoms with E-state index in [1.165, 1.54) is 11.0 Å². The highest BCUT2D eigenvalue weighted by Crippen LogP contribution is 2.20. The molecule has 0 saturated heterocycles. The number of halogens is 2. The van der Waals surface area contributed by atoms with Crippen LogP contribution in [0.5, 0.6) is 5.75 Å². The van der Waals surface area contributed by atoms with E-state index in [4.69, 9.17) is 0 Å². The second-order valence-corrected chi connectivity index (χ2v) is 5.24. The Kier molecular flexibility index (Phi) is 7.04. The minimum Gasteiger partial charge on any atom is -0.434 e. The van der Waals surface area contributed by atoms with Crippen LogP contribution < -0.4 is 10.1 Å². The first-order valence-corrected chi connectivity index (χ1v) is 7.06. The maximum atomic E-state index is 12.3. The van der Waals surface area contributed by atoms with Crippen LogP contribution in [0.1, 0.15) is 26.3 Å². The number of nitrogens with one attached hydrogen (secondary N) is 1. The van der Waals surface area contributed by atoms with Crippen LogP contribution in [0.25, 0.3) is 0 Å². The molecule has 22 heavy (non-hydrogen) atoms. The van der Waals surface area contributed by atoms with E-state index in [1.54, 1.807) is 25.1 Å². The van der Waals surface area contributed by atoms with Crippen LogP contribution in [0.4, 0.5) is 13.6 Å². The van der Waals surface area contributed by atoms with Gasteiger partial charge in [-0.1, -0.05) is 18.2 Å². The van der Waals surface area contributed by atoms with Crippen molar-refractivity contribution in [2.75, 3.05) is 6.54 Å². The van der Waals surface area contributed by atoms with Gasteiger partial charge in [0.25, 0.3) is 0 Å². The van der Waals surface area contributed by atoms with Crippen LogP contribution in [-0.4, -0.2) is 41.3 Å². The average Bonchev–Trinajstić information content (AvgIpc) is 2.42. The highest BCUT2D eigenvalue weighted by Gasteiger charge is 2.19. The third-order valence-corrected chi connectivity index (χ3v) is 2.96. The molecule has 0 radical (unpaired) electrons. The van der Waals surface area contributed by atoms with Crippen molar-refractivity contribution in [3.63, 3.8) is 0 Å². The van der Waals surface area contributed by atoms with Crippen LogP contribution in [-0.2, 0) is 6.54 Å². The Labute approximate surface area is 128 Å². The van der Waals surface area contributed by atoms with Crippen molar-refractivity contribution in [1.29, 1.82) is 0 Å². The predicted molar refractivity (Wildman–Crippen MR) is 78.8 cm³/mol. The van der Waals surface area contributed by atoms with Gasteiger partial charge < -0.3 is 20.1 Å². The van der Waals surface area contributed by atoms with Gasteiger partial charge in [-0.05, 0) is 26.8 Å². The highest BCUT2D eigenvalue weighted by atomic mass is 19.3. The van der Waals surface area contributed by atoms with E-state index in [-0.39, 0.29) is 30.9 Å². The summed E-state index contributed by atoms with van der Waals surface area (Å²) in [4.78, 5) is 13.6. The lowest BCUT2D eigenvalue weighted by Gasteiger charge is -2.28. The van der Waals surface area contributed by atoms with Gasteiger partial charge >= 0.3 is 12.6 Å². The maximum Gasteiger partial charge on any atom is 0.387 e. The number of benzene rings is 1. The lowest BCUT2D eigenvalue weighted by molar-refractivity contribution is -0.0504. The van der Waals surface area contributed by atoms with Gasteiger partial charge in [0.15, 0.2) is 0 Å². The molecule has 0 bridgehead atoms. The van der Waals surface area contributed by atoms with E-state index in [9.17, 15) is 18.7 Å². The summed E-state index contributed by atoms with van der Waals surface area (Å²) in [5, 5.41) is 12.1. The van der Waals surface area contributed by atoms with Gasteiger partial charge in [-0.25, -0.2) is 4.79 Å². The van der Waals surface area contributed by atoms with E-state index in [0.717, 1.165) is 0 Å². The van der Waals surface area contributed by atoms with Crippen LogP contribution in [0.2, 0.25) is 0 Å². The number of carbonyl (C=O) groups excluding carboxylic acids is 1. The molecule has 0 aliphatic rings. The summed E-state index contributed by atoms with van der Waals surface area (Å²) in [5.41, 5.74) is 0.455. The van der Waals surface area contributed by atoms with Gasteiger partial charge in [-0.2, -0.15) is 8.78 Å². The minimum atomic E-state index is -2.92. The molecule has 1 atom stereocenters. The monoisotopic (exact) mass is 316 g/mol. The van der Waals surface area contributed by atoms with Crippen molar-refractivity contribution < 1.29 is 23.4 Å². The standard InChI is InChI=1S/C15H22F2N2O3/c1-10(2)19(9-11(3)20)15(21)18-8-12-6-4-5-7-13(12)22-14(16)17/h4-7,10-11,14,20H,8-9H2,1-3H3,(H,18,21). The first kappa shape index (κ1) is 18.2. The van der Waals surface area contributed by atoms with E-state index in [0.29, 0.717) is 5.56 Å². The van der Waals surface area contributed by atoms with Gasteiger partial charge in [0.2, 0.25) is 0 Å². The lowest BCUT2D eigenvalue weighted by Crippen LogP contribution is -2.46. The van der Waals surface area contributed by atoms with Gasteiger partial charge in [-0.15, -0.1) is 0 Å². The second-order valence-electron chi connectivity index (χ2n) is 5.24. The van der Waals surface area contributed by atoms with Crippen molar-refractivity contribution in [1.82, 2.24) is 10.2 Å². The number of ether oxygens (including phenoxy) is 1. The summed E-state index contributed by atoms with van der Waals surface area (Å²) in [6.45, 7) is 2.59. The van der Waals surface area contributed by atoms with E-state index in [2.05, 4.69) is 10.1 Å². The topological polar surface area (TPSA) is 61.8 Å². The van der Waals surface area contributed by atoms with Crippen molar-refractivity contribution in [3.8, 4) is 5.75 Å². The number of nitrogens with zero attached hydrogens (tertiary/aromatic N) is 1. The predicted octanol–water partition coefficient (Wildman–Crippen LogP) is 2.59. The largest absolute Gasteiger partial charge is 0.434 e. The first-order chi connectivity index (χ1) is 10.3. The molecule has 0 saturated carbocycles. The molecular weight excluding hydrogens is 294 g/mol. The number of urea groups is 1. The number of alkyl halides is 2. The van der Waals surface area contributed by atoms with Gasteiger partial charge in [-0.3, -0.25) is 0 Å². The van der Waals surface area contributed by atoms with Crippen LogP contribution in [0.3, 0.4) is 0 Å². The normalized spacial score (nSPS) is 12.4. The Hall–Kier alpha value is -1.89. The van der Waals surface area contributed by atoms with E-state index < -0.39 is 12.7 Å². The molecule has 1 aromatic carbocycles. The Morgan fingerprint density at radius 2 is 1.95 bits per heavy atom. The van der Waals surface area contributed by atoms with Gasteiger partial charge in [0.1, 0.15) is 5.75 Å². The second kappa shape index (κ2) is 8.53. The molecule has 1 unspecified atom stereocenters. The number of amides is 2. The summed E-state index contributed by atoms with van der Waals surface area (Å²) in [7, 11) is 0. The molecule has 2 N–H and O–H groups in total. The summed E-state index contributed by atoms with van der Waals surface area (Å²) >= 11 is 0. The molecule has 1 rings (SSSR count). The van der Waals surface area contributed by atoms with Crippen LogP contribution in [0.15, 0.2) is 24.3 Å². The molecule has 0 aromatic heterocycles. The molecule has 124 valence electrons. The number of hydrogen-bond donors (Lipinski definition) is 2. The molecule has 0 fully saturated rings. The van der Waals surface area contributed by atoms with E-state index >= 15 is 0 Å². The fourth-order valence-electron chi connectivity index (χ4n) is 1.95. The Balaban J connectivity index is 2.70. The quantitative estimate of drug-likeness (QED) is 0.813. The fraction of sp³-hybridized carbons (Fsp3) is 0.533. The number of aliphatic hydroxyl groups excluding tert-OH is 1. The molecule has 0 heterocycles. The summed E-state index contributed by atoms with van der Waals surface area (Å²) < 4.78 is 29.1. The Morgan fingerprint density at radius 3 is 2.50 bits per heavy atom. The molecule has 5 nitrogen and oxygen atoms in total. The zero-order valence-electron chi connectivity index (χ0n) is 12.9. The number of carbonyl (C=O) groups is 1. The first-order valence-electron chi connectivity index (χ1n) is 7.06. The smallest absolute Gasteiger partial charge is 0.387 e. The molecule has 0 aliphatic heterocycles. The number of aliphatic hydroxyl groups is 1. The zero-order chi connectivity index (χ0) is 16.7. The summed E-state index contributed by atoms with van der Waals surface area (Å²) in [6.07, 6.45) is -0.650. The number of para-hydroxylation sites is 1. The molecule has 0 spiro atoms. The Morgan fingerprint density at radius 1 is 1.32 bits per heavy atom. The summed E-state index contributed by atoms with van der Waals surface area (Å²) in [5.74, 6) is 0.0319. The van der Waals surface area contributed by atoms with E-state index in [1.807, 2.05) is 13.8 Å². The van der Waals surface area contributed by atoms with Crippen LogP contribution >= 0.6 is 0 Å². The summed E-state index contributed by atoms with van der Waals surface area (Å²) in [6, 6.07) is 5.81. The van der Waals surface area contributed by atoms with Crippen molar-refractivity contribution in [2.45, 2.75) is 46.1 Å². The maximum absolute atomic E-state index is 12.3. The van der Waals surface area contributed by atoms with Crippen molar-refractivity contribution >= 4 is 6.03 Å². The third-order valence-electron chi connectivity index (χ3n) is 2.96. The third kappa shape index (κ3) is 5.85. The lowest BCUT2D eigenvalue weighted by atomic mass is 10.2. The van der Waals surface area contributed by atoms with Gasteiger partial charge in [0, 0.05) is 24.7 Å². The van der Waals surface area contributed by atoms with Crippen molar-refractivity contribution in [3.05, 3.63) is 29.8 Å². The minimum absolute atomic E-state index is 0.0319. The van der Waals surface area contributed by atoms with Crippen molar-refractivity contribution in [2.24, 2.45) is 0 Å². The molecule has 0 aliphatic carbocycles. The number of hydrogen-bond acceptors (Lipinski definition) is 3. The van der Waals surface area contributed by atoms with Gasteiger partial charge in [0.05, 0.1) is 6.10 Å². The molecular formula is C15H22F2N2O3. The van der Waals surface area contributed by atoms with Crippen LogP contribution in [0, 0.1) is 0 Å². The average molecular weight is 316 g/mol.